The van der Waals surface area contributed by atoms with Crippen LogP contribution in [0.1, 0.15) is 136 Å². The molecule has 0 spiro atoms. The smallest absolute Gasteiger partial charge is 0.157 e. The first kappa shape index (κ1) is 25.9. The Kier molecular flexibility index (Phi) is 22.9. The molecule has 0 aromatic rings. The van der Waals surface area contributed by atoms with Crippen LogP contribution in [-0.2, 0) is 9.47 Å². The standard InChI is InChI=1S/C24H50O2/c1-4-7-9-11-13-15-17-19-22-25-24(21-6-3)26-23-20-18-16-14-12-10-8-5-2/h24H,4-23H2,1-3H3. The van der Waals surface area contributed by atoms with Gasteiger partial charge in [0.15, 0.2) is 6.29 Å². The summed E-state index contributed by atoms with van der Waals surface area (Å²) in [7, 11) is 0. The molecular formula is C24H50O2. The van der Waals surface area contributed by atoms with Gasteiger partial charge in [0, 0.05) is 13.2 Å². The van der Waals surface area contributed by atoms with Crippen LogP contribution in [0.3, 0.4) is 0 Å². The van der Waals surface area contributed by atoms with Gasteiger partial charge in [-0.1, -0.05) is 117 Å². The summed E-state index contributed by atoms with van der Waals surface area (Å²) < 4.78 is 12.0. The van der Waals surface area contributed by atoms with E-state index in [0.29, 0.717) is 0 Å². The summed E-state index contributed by atoms with van der Waals surface area (Å²) in [6.45, 7) is 8.52. The molecule has 0 aliphatic rings. The SMILES string of the molecule is CCCCCCCCCCOC(CCC)OCCCCCCCCCC. The monoisotopic (exact) mass is 370 g/mol. The van der Waals surface area contributed by atoms with Gasteiger partial charge in [-0.3, -0.25) is 0 Å². The van der Waals surface area contributed by atoms with Gasteiger partial charge in [-0.05, 0) is 19.3 Å². The van der Waals surface area contributed by atoms with Gasteiger partial charge >= 0.3 is 0 Å². The summed E-state index contributed by atoms with van der Waals surface area (Å²) in [5, 5.41) is 0. The minimum atomic E-state index is 0.0362. The largest absolute Gasteiger partial charge is 0.353 e. The van der Waals surface area contributed by atoms with Crippen molar-refractivity contribution in [2.45, 2.75) is 143 Å². The van der Waals surface area contributed by atoms with Gasteiger partial charge in [0.1, 0.15) is 0 Å². The van der Waals surface area contributed by atoms with Crippen molar-refractivity contribution in [3.63, 3.8) is 0 Å². The highest BCUT2D eigenvalue weighted by molar-refractivity contribution is 4.50. The molecule has 0 bridgehead atoms. The number of ether oxygens (including phenoxy) is 2. The Morgan fingerprint density at radius 1 is 0.423 bits per heavy atom. The van der Waals surface area contributed by atoms with Crippen molar-refractivity contribution in [1.82, 2.24) is 0 Å². The molecule has 0 aliphatic carbocycles. The highest BCUT2D eigenvalue weighted by Gasteiger charge is 2.07. The number of unbranched alkanes of at least 4 members (excludes halogenated alkanes) is 14. The second-order valence-corrected chi connectivity index (χ2v) is 7.91. The third-order valence-electron chi connectivity index (χ3n) is 5.13. The molecule has 0 aromatic heterocycles. The average molecular weight is 371 g/mol. The Hall–Kier alpha value is -0.0800. The van der Waals surface area contributed by atoms with Crippen molar-refractivity contribution < 1.29 is 9.47 Å². The Labute approximate surface area is 165 Å². The van der Waals surface area contributed by atoms with E-state index in [2.05, 4.69) is 20.8 Å². The van der Waals surface area contributed by atoms with Crippen LogP contribution in [0.4, 0.5) is 0 Å². The fourth-order valence-electron chi connectivity index (χ4n) is 3.35. The lowest BCUT2D eigenvalue weighted by atomic mass is 10.1. The molecular weight excluding hydrogens is 320 g/mol. The van der Waals surface area contributed by atoms with E-state index in [1.54, 1.807) is 0 Å². The van der Waals surface area contributed by atoms with E-state index in [1.165, 1.54) is 103 Å². The Morgan fingerprint density at radius 3 is 1.12 bits per heavy atom. The summed E-state index contributed by atoms with van der Waals surface area (Å²) in [6, 6.07) is 0. The second-order valence-electron chi connectivity index (χ2n) is 7.91. The molecule has 0 atom stereocenters. The molecule has 0 saturated carbocycles. The lowest BCUT2D eigenvalue weighted by molar-refractivity contribution is -0.147. The Morgan fingerprint density at radius 2 is 0.769 bits per heavy atom. The van der Waals surface area contributed by atoms with Gasteiger partial charge in [0.2, 0.25) is 0 Å². The molecule has 0 fully saturated rings. The summed E-state index contributed by atoms with van der Waals surface area (Å²) in [5.74, 6) is 0. The minimum absolute atomic E-state index is 0.0362. The number of hydrogen-bond donors (Lipinski definition) is 0. The summed E-state index contributed by atoms with van der Waals surface area (Å²) in [5.41, 5.74) is 0. The molecule has 158 valence electrons. The third kappa shape index (κ3) is 20.2. The van der Waals surface area contributed by atoms with Crippen molar-refractivity contribution >= 4 is 0 Å². The zero-order valence-corrected chi connectivity index (χ0v) is 18.5. The Balaban J connectivity index is 3.42. The molecule has 0 heterocycles. The van der Waals surface area contributed by atoms with Crippen LogP contribution in [0.25, 0.3) is 0 Å². The van der Waals surface area contributed by atoms with E-state index in [0.717, 1.165) is 26.1 Å². The van der Waals surface area contributed by atoms with E-state index in [-0.39, 0.29) is 6.29 Å². The third-order valence-corrected chi connectivity index (χ3v) is 5.13. The van der Waals surface area contributed by atoms with E-state index in [1.807, 2.05) is 0 Å². The van der Waals surface area contributed by atoms with Gasteiger partial charge < -0.3 is 9.47 Å². The number of hydrogen-bond acceptors (Lipinski definition) is 2. The maximum Gasteiger partial charge on any atom is 0.157 e. The molecule has 0 amide bonds. The van der Waals surface area contributed by atoms with Crippen molar-refractivity contribution in [2.24, 2.45) is 0 Å². The highest BCUT2D eigenvalue weighted by atomic mass is 16.7. The fourth-order valence-corrected chi connectivity index (χ4v) is 3.35. The van der Waals surface area contributed by atoms with Crippen molar-refractivity contribution in [2.75, 3.05) is 13.2 Å². The zero-order valence-electron chi connectivity index (χ0n) is 18.5. The van der Waals surface area contributed by atoms with Crippen molar-refractivity contribution in [3.05, 3.63) is 0 Å². The van der Waals surface area contributed by atoms with Gasteiger partial charge in [-0.2, -0.15) is 0 Å². The fraction of sp³-hybridized carbons (Fsp3) is 1.00. The minimum Gasteiger partial charge on any atom is -0.353 e. The van der Waals surface area contributed by atoms with Crippen LogP contribution in [-0.4, -0.2) is 19.5 Å². The topological polar surface area (TPSA) is 18.5 Å². The Bertz CT molecular complexity index is 220. The predicted octanol–water partition coefficient (Wildman–Crippen LogP) is 8.43. The van der Waals surface area contributed by atoms with Crippen LogP contribution in [0.15, 0.2) is 0 Å². The quantitative estimate of drug-likeness (QED) is 0.141. The molecule has 26 heavy (non-hydrogen) atoms. The van der Waals surface area contributed by atoms with E-state index >= 15 is 0 Å². The lowest BCUT2D eigenvalue weighted by Gasteiger charge is -2.18. The van der Waals surface area contributed by atoms with Crippen molar-refractivity contribution in [3.8, 4) is 0 Å². The molecule has 2 heteroatoms. The van der Waals surface area contributed by atoms with Crippen LogP contribution in [0, 0.1) is 0 Å². The molecule has 0 saturated heterocycles. The van der Waals surface area contributed by atoms with Crippen LogP contribution >= 0.6 is 0 Å². The molecule has 0 unspecified atom stereocenters. The van der Waals surface area contributed by atoms with E-state index < -0.39 is 0 Å². The predicted molar refractivity (Wildman–Crippen MR) is 116 cm³/mol. The maximum atomic E-state index is 5.98. The van der Waals surface area contributed by atoms with Crippen LogP contribution in [0.5, 0.6) is 0 Å². The first-order valence-electron chi connectivity index (χ1n) is 12.1. The molecule has 0 aromatic carbocycles. The van der Waals surface area contributed by atoms with Crippen molar-refractivity contribution in [1.29, 1.82) is 0 Å². The summed E-state index contributed by atoms with van der Waals surface area (Å²) in [4.78, 5) is 0. The summed E-state index contributed by atoms with van der Waals surface area (Å²) in [6.07, 6.45) is 23.9. The summed E-state index contributed by atoms with van der Waals surface area (Å²) >= 11 is 0. The molecule has 0 N–H and O–H groups in total. The van der Waals surface area contributed by atoms with Crippen LogP contribution in [0.2, 0.25) is 0 Å². The van der Waals surface area contributed by atoms with Gasteiger partial charge in [0.25, 0.3) is 0 Å². The highest BCUT2D eigenvalue weighted by Crippen LogP contribution is 2.12. The molecule has 0 aliphatic heterocycles. The van der Waals surface area contributed by atoms with E-state index in [4.69, 9.17) is 9.47 Å². The molecule has 0 radical (unpaired) electrons. The molecule has 0 rings (SSSR count). The zero-order chi connectivity index (χ0) is 19.1. The van der Waals surface area contributed by atoms with Gasteiger partial charge in [-0.15, -0.1) is 0 Å². The maximum absolute atomic E-state index is 5.98. The van der Waals surface area contributed by atoms with Gasteiger partial charge in [0.05, 0.1) is 0 Å². The lowest BCUT2D eigenvalue weighted by Crippen LogP contribution is -2.18. The van der Waals surface area contributed by atoms with Crippen LogP contribution < -0.4 is 0 Å². The first-order valence-corrected chi connectivity index (χ1v) is 12.1. The average Bonchev–Trinajstić information content (AvgIpc) is 2.65. The first-order chi connectivity index (χ1) is 12.8. The van der Waals surface area contributed by atoms with E-state index in [9.17, 15) is 0 Å². The number of rotatable bonds is 22. The second kappa shape index (κ2) is 23.0. The normalized spacial score (nSPS) is 11.5. The molecule has 2 nitrogen and oxygen atoms in total. The van der Waals surface area contributed by atoms with Gasteiger partial charge in [-0.25, -0.2) is 0 Å².